The van der Waals surface area contributed by atoms with E-state index >= 15 is 0 Å². The van der Waals surface area contributed by atoms with Crippen LogP contribution in [0, 0.1) is 0 Å². The summed E-state index contributed by atoms with van der Waals surface area (Å²) in [6.07, 6.45) is 0. The quantitative estimate of drug-likeness (QED) is 0.547. The number of carbonyl (C=O) groups is 1. The summed E-state index contributed by atoms with van der Waals surface area (Å²) >= 11 is 0. The van der Waals surface area contributed by atoms with Gasteiger partial charge in [-0.25, -0.2) is 10.0 Å². The van der Waals surface area contributed by atoms with Crippen molar-refractivity contribution in [2.45, 2.75) is 6.92 Å². The van der Waals surface area contributed by atoms with Crippen molar-refractivity contribution in [3.63, 3.8) is 0 Å². The van der Waals surface area contributed by atoms with E-state index in [1.807, 2.05) is 0 Å². The fourth-order valence-corrected chi connectivity index (χ4v) is 1.18. The number of nitrogens with zero attached hydrogens (tertiary/aromatic N) is 2. The molecule has 5 nitrogen and oxygen atoms in total. The molecule has 12 heavy (non-hydrogen) atoms. The zero-order valence-electron chi connectivity index (χ0n) is 7.19. The van der Waals surface area contributed by atoms with Gasteiger partial charge in [0.15, 0.2) is 0 Å². The standard InChI is InChI=1S/C7H14N2O3/c1-7(11)9(6-10)8-2-4-12-5-3-8/h10H,2-6H2,1H3. The minimum Gasteiger partial charge on any atom is -0.379 e. The Balaban J connectivity index is 2.46. The lowest BCUT2D eigenvalue weighted by Crippen LogP contribution is -2.51. The van der Waals surface area contributed by atoms with E-state index in [1.54, 1.807) is 5.01 Å². The van der Waals surface area contributed by atoms with Crippen LogP contribution in [0.2, 0.25) is 0 Å². The number of ether oxygens (including phenoxy) is 1. The van der Waals surface area contributed by atoms with Crippen LogP contribution in [0.5, 0.6) is 0 Å². The van der Waals surface area contributed by atoms with Gasteiger partial charge in [-0.3, -0.25) is 4.79 Å². The summed E-state index contributed by atoms with van der Waals surface area (Å²) < 4.78 is 5.11. The Morgan fingerprint density at radius 3 is 2.58 bits per heavy atom. The van der Waals surface area contributed by atoms with Crippen molar-refractivity contribution in [3.8, 4) is 0 Å². The number of amides is 1. The maximum absolute atomic E-state index is 11.0. The highest BCUT2D eigenvalue weighted by Crippen LogP contribution is 2.01. The van der Waals surface area contributed by atoms with E-state index in [1.165, 1.54) is 11.9 Å². The van der Waals surface area contributed by atoms with Gasteiger partial charge in [0.25, 0.3) is 0 Å². The molecule has 0 aliphatic carbocycles. The maximum Gasteiger partial charge on any atom is 0.235 e. The zero-order valence-corrected chi connectivity index (χ0v) is 7.19. The number of aliphatic hydroxyl groups is 1. The third-order valence-corrected chi connectivity index (χ3v) is 1.83. The Labute approximate surface area is 71.5 Å². The lowest BCUT2D eigenvalue weighted by Gasteiger charge is -2.35. The first kappa shape index (κ1) is 9.44. The van der Waals surface area contributed by atoms with Gasteiger partial charge in [0.05, 0.1) is 13.2 Å². The lowest BCUT2D eigenvalue weighted by molar-refractivity contribution is -0.166. The van der Waals surface area contributed by atoms with Gasteiger partial charge < -0.3 is 9.84 Å². The molecule has 1 amide bonds. The molecule has 1 aliphatic rings. The van der Waals surface area contributed by atoms with Gasteiger partial charge in [0.2, 0.25) is 5.91 Å². The average Bonchev–Trinajstić information content (AvgIpc) is 2.07. The largest absolute Gasteiger partial charge is 0.379 e. The first-order valence-corrected chi connectivity index (χ1v) is 3.97. The Hall–Kier alpha value is -0.650. The van der Waals surface area contributed by atoms with E-state index in [0.717, 1.165) is 0 Å². The van der Waals surface area contributed by atoms with E-state index in [0.29, 0.717) is 26.3 Å². The summed E-state index contributed by atoms with van der Waals surface area (Å²) in [4.78, 5) is 11.0. The van der Waals surface area contributed by atoms with Gasteiger partial charge in [0, 0.05) is 20.0 Å². The van der Waals surface area contributed by atoms with Crippen molar-refractivity contribution in [1.29, 1.82) is 0 Å². The van der Waals surface area contributed by atoms with Crippen LogP contribution in [0.25, 0.3) is 0 Å². The van der Waals surface area contributed by atoms with Crippen LogP contribution in [0.4, 0.5) is 0 Å². The fourth-order valence-electron chi connectivity index (χ4n) is 1.18. The van der Waals surface area contributed by atoms with Gasteiger partial charge in [-0.15, -0.1) is 0 Å². The van der Waals surface area contributed by atoms with Crippen molar-refractivity contribution in [1.82, 2.24) is 10.0 Å². The molecule has 0 aromatic heterocycles. The van der Waals surface area contributed by atoms with Crippen molar-refractivity contribution >= 4 is 5.91 Å². The van der Waals surface area contributed by atoms with E-state index in [4.69, 9.17) is 9.84 Å². The Morgan fingerprint density at radius 1 is 1.58 bits per heavy atom. The summed E-state index contributed by atoms with van der Waals surface area (Å²) in [5, 5.41) is 12.0. The second-order valence-electron chi connectivity index (χ2n) is 2.63. The molecule has 1 rings (SSSR count). The van der Waals surface area contributed by atoms with Crippen molar-refractivity contribution in [3.05, 3.63) is 0 Å². The predicted molar refractivity (Wildman–Crippen MR) is 42.0 cm³/mol. The lowest BCUT2D eigenvalue weighted by atomic mass is 10.5. The highest BCUT2D eigenvalue weighted by Gasteiger charge is 2.19. The third-order valence-electron chi connectivity index (χ3n) is 1.83. The second-order valence-corrected chi connectivity index (χ2v) is 2.63. The van der Waals surface area contributed by atoms with Crippen LogP contribution >= 0.6 is 0 Å². The van der Waals surface area contributed by atoms with Gasteiger partial charge >= 0.3 is 0 Å². The third kappa shape index (κ3) is 2.17. The normalized spacial score (nSPS) is 19.2. The molecule has 0 aromatic carbocycles. The number of hydrogen-bond donors (Lipinski definition) is 1. The molecule has 1 fully saturated rings. The number of rotatable bonds is 2. The summed E-state index contributed by atoms with van der Waals surface area (Å²) in [5.74, 6) is -0.139. The fraction of sp³-hybridized carbons (Fsp3) is 0.857. The van der Waals surface area contributed by atoms with E-state index in [-0.39, 0.29) is 12.6 Å². The van der Waals surface area contributed by atoms with E-state index in [9.17, 15) is 4.79 Å². The molecule has 5 heteroatoms. The number of aliphatic hydroxyl groups excluding tert-OH is 1. The van der Waals surface area contributed by atoms with Crippen molar-refractivity contribution < 1.29 is 14.6 Å². The summed E-state index contributed by atoms with van der Waals surface area (Å²) in [6.45, 7) is 3.74. The molecule has 0 atom stereocenters. The highest BCUT2D eigenvalue weighted by atomic mass is 16.5. The van der Waals surface area contributed by atoms with Crippen molar-refractivity contribution in [2.24, 2.45) is 0 Å². The summed E-state index contributed by atoms with van der Waals surface area (Å²) in [6, 6.07) is 0. The Bertz CT molecular complexity index is 157. The molecule has 0 radical (unpaired) electrons. The number of morpholine rings is 1. The molecule has 0 aromatic rings. The SMILES string of the molecule is CC(=O)N(CO)N1CCOCC1. The summed E-state index contributed by atoms with van der Waals surface area (Å²) in [5.41, 5.74) is 0. The van der Waals surface area contributed by atoms with Crippen LogP contribution in [0.15, 0.2) is 0 Å². The molecule has 1 aliphatic heterocycles. The number of carbonyl (C=O) groups excluding carboxylic acids is 1. The van der Waals surface area contributed by atoms with Crippen molar-refractivity contribution in [2.75, 3.05) is 33.0 Å². The first-order valence-electron chi connectivity index (χ1n) is 3.97. The molecule has 1 N–H and O–H groups in total. The minimum atomic E-state index is -0.255. The molecule has 0 bridgehead atoms. The average molecular weight is 174 g/mol. The smallest absolute Gasteiger partial charge is 0.235 e. The number of hydrogen-bond acceptors (Lipinski definition) is 4. The monoisotopic (exact) mass is 174 g/mol. The van der Waals surface area contributed by atoms with Crippen LogP contribution in [0.3, 0.4) is 0 Å². The Kier molecular flexibility index (Phi) is 3.46. The van der Waals surface area contributed by atoms with Crippen LogP contribution < -0.4 is 0 Å². The summed E-state index contributed by atoms with van der Waals surface area (Å²) in [7, 11) is 0. The van der Waals surface area contributed by atoms with E-state index < -0.39 is 0 Å². The van der Waals surface area contributed by atoms with Gasteiger partial charge in [-0.2, -0.15) is 0 Å². The van der Waals surface area contributed by atoms with E-state index in [2.05, 4.69) is 0 Å². The van der Waals surface area contributed by atoms with Gasteiger partial charge in [0.1, 0.15) is 6.73 Å². The topological polar surface area (TPSA) is 53.0 Å². The maximum atomic E-state index is 11.0. The molecule has 0 unspecified atom stereocenters. The van der Waals surface area contributed by atoms with Gasteiger partial charge in [-0.1, -0.05) is 0 Å². The first-order chi connectivity index (χ1) is 5.75. The molecule has 1 heterocycles. The number of hydrazine groups is 1. The molecule has 1 saturated heterocycles. The molecule has 70 valence electrons. The highest BCUT2D eigenvalue weighted by molar-refractivity contribution is 5.72. The van der Waals surface area contributed by atoms with Crippen LogP contribution in [-0.4, -0.2) is 54.1 Å². The predicted octanol–water partition coefficient (Wildman–Crippen LogP) is -0.968. The Morgan fingerprint density at radius 2 is 2.17 bits per heavy atom. The molecular formula is C7H14N2O3. The minimum absolute atomic E-state index is 0.139. The zero-order chi connectivity index (χ0) is 8.97. The molecule has 0 saturated carbocycles. The second kappa shape index (κ2) is 4.39. The van der Waals surface area contributed by atoms with Crippen LogP contribution in [0.1, 0.15) is 6.92 Å². The van der Waals surface area contributed by atoms with Crippen LogP contribution in [-0.2, 0) is 9.53 Å². The van der Waals surface area contributed by atoms with Gasteiger partial charge in [-0.05, 0) is 0 Å². The molecule has 0 spiro atoms. The molecular weight excluding hydrogens is 160 g/mol.